The molecular weight excluding hydrogens is 487 g/mol. The molecule has 0 radical (unpaired) electrons. The number of rotatable bonds is 9. The highest BCUT2D eigenvalue weighted by Gasteiger charge is 2.52. The molecule has 37 heavy (non-hydrogen) atoms. The molecule has 2 heterocycles. The van der Waals surface area contributed by atoms with Crippen molar-refractivity contribution in [3.63, 3.8) is 0 Å². The summed E-state index contributed by atoms with van der Waals surface area (Å²) < 4.78 is 21.8. The van der Waals surface area contributed by atoms with Gasteiger partial charge in [-0.3, -0.25) is 9.59 Å². The molecule has 2 N–H and O–H groups in total. The molecule has 0 unspecified atom stereocenters. The van der Waals surface area contributed by atoms with Gasteiger partial charge in [0.2, 0.25) is 14.3 Å². The second kappa shape index (κ2) is 11.9. The fraction of sp³-hybridized carbons (Fsp3) is 0.517. The number of aliphatic hydroxyl groups is 1. The van der Waals surface area contributed by atoms with Crippen molar-refractivity contribution in [1.82, 2.24) is 4.90 Å². The monoisotopic (exact) mass is 526 g/mol. The van der Waals surface area contributed by atoms with E-state index in [0.717, 1.165) is 36.9 Å². The molecule has 2 amide bonds. The zero-order valence-corrected chi connectivity index (χ0v) is 23.0. The number of hydrogen-bond donors (Lipinski definition) is 2. The lowest BCUT2D eigenvalue weighted by atomic mass is 9.95. The maximum absolute atomic E-state index is 15.4. The van der Waals surface area contributed by atoms with Crippen LogP contribution >= 0.6 is 0 Å². The third-order valence-electron chi connectivity index (χ3n) is 7.95. The van der Waals surface area contributed by atoms with E-state index >= 15 is 4.11 Å². The van der Waals surface area contributed by atoms with Gasteiger partial charge >= 0.3 is 0 Å². The number of likely N-dealkylation sites (tertiary alicyclic amines) is 1. The molecule has 2 aromatic rings. The molecule has 4 rings (SSSR count). The highest BCUT2D eigenvalue weighted by molar-refractivity contribution is 6.72. The van der Waals surface area contributed by atoms with Gasteiger partial charge in [0.25, 0.3) is 5.91 Å². The molecule has 200 valence electrons. The predicted molar refractivity (Wildman–Crippen MR) is 146 cm³/mol. The van der Waals surface area contributed by atoms with Gasteiger partial charge in [0.05, 0.1) is 31.3 Å². The van der Waals surface area contributed by atoms with Crippen LogP contribution < -0.4 is 5.32 Å². The van der Waals surface area contributed by atoms with E-state index in [9.17, 15) is 14.7 Å². The van der Waals surface area contributed by atoms with Crippen LogP contribution in [0.3, 0.4) is 0 Å². The van der Waals surface area contributed by atoms with Gasteiger partial charge in [-0.15, -0.1) is 0 Å². The lowest BCUT2D eigenvalue weighted by Crippen LogP contribution is -2.42. The van der Waals surface area contributed by atoms with E-state index in [2.05, 4.69) is 12.2 Å². The van der Waals surface area contributed by atoms with Crippen LogP contribution in [0, 0.1) is 5.92 Å². The Labute approximate surface area is 220 Å². The van der Waals surface area contributed by atoms with Gasteiger partial charge in [-0.1, -0.05) is 37.3 Å². The summed E-state index contributed by atoms with van der Waals surface area (Å²) in [5.41, 5.74) is 2.21. The summed E-state index contributed by atoms with van der Waals surface area (Å²) in [5, 5.41) is 12.5. The Balaban J connectivity index is 1.35. The lowest BCUT2D eigenvalue weighted by Gasteiger charge is -2.30. The SMILES string of the molecule is C[C@@H]1[C@@H]([Si](C)(C)F)[C@H](CC(=O)N2CCC[C@H]2CO)O[C@@H]1CCc1ccc(NC(=O)c2ccccc2)cc1. The lowest BCUT2D eigenvalue weighted by molar-refractivity contribution is -0.135. The number of carbonyl (C=O) groups excluding carboxylic acids is 2. The molecule has 2 fully saturated rings. The maximum Gasteiger partial charge on any atom is 0.255 e. The van der Waals surface area contributed by atoms with Gasteiger partial charge in [-0.2, -0.15) is 0 Å². The van der Waals surface area contributed by atoms with Gasteiger partial charge < -0.3 is 24.2 Å². The van der Waals surface area contributed by atoms with Crippen LogP contribution in [0.5, 0.6) is 0 Å². The first kappa shape index (κ1) is 27.5. The molecule has 5 atom stereocenters. The van der Waals surface area contributed by atoms with Gasteiger partial charge in [0.1, 0.15) is 0 Å². The maximum atomic E-state index is 15.4. The second-order valence-electron chi connectivity index (χ2n) is 11.0. The van der Waals surface area contributed by atoms with E-state index in [1.807, 2.05) is 42.5 Å². The smallest absolute Gasteiger partial charge is 0.255 e. The number of nitrogens with one attached hydrogen (secondary N) is 1. The Morgan fingerprint density at radius 3 is 2.46 bits per heavy atom. The molecule has 2 aliphatic rings. The number of carbonyl (C=O) groups is 2. The van der Waals surface area contributed by atoms with E-state index in [1.54, 1.807) is 30.1 Å². The number of nitrogens with zero attached hydrogens (tertiary/aromatic N) is 1. The van der Waals surface area contributed by atoms with Crippen molar-refractivity contribution in [1.29, 1.82) is 0 Å². The largest absolute Gasteiger partial charge is 0.394 e. The van der Waals surface area contributed by atoms with Crippen LogP contribution in [-0.4, -0.2) is 61.6 Å². The number of anilines is 1. The normalized spacial score (nSPS) is 25.9. The molecule has 0 aromatic heterocycles. The van der Waals surface area contributed by atoms with Crippen molar-refractivity contribution in [2.45, 2.75) is 75.9 Å². The van der Waals surface area contributed by atoms with Crippen molar-refractivity contribution in [2.24, 2.45) is 5.92 Å². The number of halogens is 1. The molecule has 8 heteroatoms. The number of aryl methyl sites for hydroxylation is 1. The van der Waals surface area contributed by atoms with Gasteiger partial charge in [0.15, 0.2) is 0 Å². The number of benzene rings is 2. The molecule has 0 bridgehead atoms. The van der Waals surface area contributed by atoms with Crippen LogP contribution in [0.4, 0.5) is 9.80 Å². The number of ether oxygens (including phenoxy) is 1. The topological polar surface area (TPSA) is 78.9 Å². The predicted octanol–water partition coefficient (Wildman–Crippen LogP) is 5.19. The summed E-state index contributed by atoms with van der Waals surface area (Å²) in [6.07, 6.45) is 2.85. The van der Waals surface area contributed by atoms with E-state index < -0.39 is 14.5 Å². The van der Waals surface area contributed by atoms with E-state index in [4.69, 9.17) is 4.74 Å². The zero-order chi connectivity index (χ0) is 26.6. The van der Waals surface area contributed by atoms with Gasteiger partial charge in [0, 0.05) is 23.3 Å². The summed E-state index contributed by atoms with van der Waals surface area (Å²) in [4.78, 5) is 27.2. The minimum absolute atomic E-state index is 0.0288. The number of aliphatic hydroxyl groups excluding tert-OH is 1. The summed E-state index contributed by atoms with van der Waals surface area (Å²) in [6.45, 7) is 6.11. The molecule has 0 aliphatic carbocycles. The fourth-order valence-corrected chi connectivity index (χ4v) is 8.62. The van der Waals surface area contributed by atoms with Crippen molar-refractivity contribution >= 4 is 25.9 Å². The Kier molecular flexibility index (Phi) is 8.82. The molecule has 0 spiro atoms. The molecule has 2 aromatic carbocycles. The first-order valence-electron chi connectivity index (χ1n) is 13.4. The van der Waals surface area contributed by atoms with Crippen molar-refractivity contribution in [3.8, 4) is 0 Å². The highest BCUT2D eigenvalue weighted by Crippen LogP contribution is 2.47. The van der Waals surface area contributed by atoms with E-state index in [1.165, 1.54) is 0 Å². The molecule has 6 nitrogen and oxygen atoms in total. The second-order valence-corrected chi connectivity index (χ2v) is 14.8. The number of hydrogen-bond acceptors (Lipinski definition) is 4. The van der Waals surface area contributed by atoms with Crippen molar-refractivity contribution < 1.29 is 23.5 Å². The molecular formula is C29H39FN2O4Si. The van der Waals surface area contributed by atoms with Crippen LogP contribution in [-0.2, 0) is 16.0 Å². The van der Waals surface area contributed by atoms with Crippen LogP contribution in [0.25, 0.3) is 0 Å². The van der Waals surface area contributed by atoms with Crippen molar-refractivity contribution in [3.05, 3.63) is 65.7 Å². The summed E-state index contributed by atoms with van der Waals surface area (Å²) in [7, 11) is -3.07. The van der Waals surface area contributed by atoms with Crippen LogP contribution in [0.15, 0.2) is 54.6 Å². The molecule has 2 aliphatic heterocycles. The average molecular weight is 527 g/mol. The first-order chi connectivity index (χ1) is 17.7. The third-order valence-corrected chi connectivity index (χ3v) is 10.4. The quantitative estimate of drug-likeness (QED) is 0.348. The Morgan fingerprint density at radius 2 is 1.81 bits per heavy atom. The third kappa shape index (κ3) is 6.66. The summed E-state index contributed by atoms with van der Waals surface area (Å²) >= 11 is 0. The average Bonchev–Trinajstić information content (AvgIpc) is 3.48. The van der Waals surface area contributed by atoms with Crippen molar-refractivity contribution in [2.75, 3.05) is 18.5 Å². The van der Waals surface area contributed by atoms with E-state index in [0.29, 0.717) is 12.1 Å². The van der Waals surface area contributed by atoms with Crippen LogP contribution in [0.2, 0.25) is 18.6 Å². The minimum Gasteiger partial charge on any atom is -0.394 e. The highest BCUT2D eigenvalue weighted by atomic mass is 28.4. The number of amides is 2. The Hall–Kier alpha value is -2.55. The fourth-order valence-electron chi connectivity index (χ4n) is 6.08. The zero-order valence-electron chi connectivity index (χ0n) is 22.0. The Morgan fingerprint density at radius 1 is 1.11 bits per heavy atom. The van der Waals surface area contributed by atoms with E-state index in [-0.39, 0.29) is 48.4 Å². The van der Waals surface area contributed by atoms with Gasteiger partial charge in [-0.05, 0) is 74.5 Å². The first-order valence-corrected chi connectivity index (χ1v) is 16.3. The minimum atomic E-state index is -3.07. The molecule has 2 saturated heterocycles. The summed E-state index contributed by atoms with van der Waals surface area (Å²) in [5.74, 6) is -0.155. The Bertz CT molecular complexity index is 1060. The van der Waals surface area contributed by atoms with Crippen LogP contribution in [0.1, 0.15) is 48.5 Å². The summed E-state index contributed by atoms with van der Waals surface area (Å²) in [6, 6.07) is 16.7. The standard InChI is InChI=1S/C29H39FN2O4Si/c1-20-25(16-13-21-11-14-23(15-12-21)31-29(35)22-8-5-4-6-9-22)36-26(28(20)37(2,3)30)18-27(34)32-17-7-10-24(32)19-33/h4-6,8-9,11-12,14-15,20,24-26,28,33H,7,10,13,16-19H2,1-3H3,(H,31,35)/t20-,24-,25+,26-,28+/m0/s1. The molecule has 0 saturated carbocycles. The van der Waals surface area contributed by atoms with Gasteiger partial charge in [-0.25, -0.2) is 0 Å².